The van der Waals surface area contributed by atoms with Crippen molar-refractivity contribution in [1.29, 1.82) is 0 Å². The van der Waals surface area contributed by atoms with Crippen molar-refractivity contribution >= 4 is 60.5 Å². The van der Waals surface area contributed by atoms with Gasteiger partial charge in [0.05, 0.1) is 29.6 Å². The minimum absolute atomic E-state index is 0.0952. The highest BCUT2D eigenvalue weighted by atomic mass is 16.3. The fourth-order valence-corrected chi connectivity index (χ4v) is 7.84. The minimum atomic E-state index is -0.209. The molecule has 2 unspecified atom stereocenters. The predicted octanol–water partition coefficient (Wildman–Crippen LogP) is 11.5. The molecule has 3 N–H and O–H groups in total. The van der Waals surface area contributed by atoms with Crippen molar-refractivity contribution in [3.63, 3.8) is 0 Å². The Morgan fingerprint density at radius 1 is 0.385 bits per heavy atom. The number of hydrogen-bond donors (Lipinski definition) is 3. The first-order chi connectivity index (χ1) is 25.8. The van der Waals surface area contributed by atoms with Gasteiger partial charge in [-0.1, -0.05) is 140 Å². The van der Waals surface area contributed by atoms with E-state index in [0.29, 0.717) is 0 Å². The second kappa shape index (κ2) is 12.8. The number of nitrogens with zero attached hydrogens (tertiary/aromatic N) is 1. The lowest BCUT2D eigenvalue weighted by Crippen LogP contribution is -2.54. The second-order valence-corrected chi connectivity index (χ2v) is 13.5. The number of benzene rings is 8. The molecule has 1 saturated heterocycles. The summed E-state index contributed by atoms with van der Waals surface area (Å²) in [5.74, 6) is 0. The van der Waals surface area contributed by atoms with Crippen LogP contribution in [-0.2, 0) is 0 Å². The summed E-state index contributed by atoms with van der Waals surface area (Å²) >= 11 is 0. The lowest BCUT2D eigenvalue weighted by Gasteiger charge is -2.40. The molecular weight excluding hydrogens is 637 g/mol. The molecule has 1 fully saturated rings. The van der Waals surface area contributed by atoms with Crippen LogP contribution in [0, 0.1) is 0 Å². The molecule has 9 aromatic rings. The topological polar surface area (TPSA) is 52.5 Å². The largest absolute Gasteiger partial charge is 0.456 e. The van der Waals surface area contributed by atoms with Crippen LogP contribution in [0.5, 0.6) is 0 Å². The van der Waals surface area contributed by atoms with Crippen molar-refractivity contribution < 1.29 is 4.42 Å². The van der Waals surface area contributed by atoms with Crippen LogP contribution in [0.1, 0.15) is 35.2 Å². The molecule has 0 spiro atoms. The van der Waals surface area contributed by atoms with Crippen molar-refractivity contribution in [1.82, 2.24) is 16.0 Å². The predicted molar refractivity (Wildman–Crippen MR) is 214 cm³/mol. The molecule has 0 amide bonds. The standard InChI is InChI=1S/C47H36N4O/c1-4-16-33(17-5-1)45-48-46(34-18-6-2-7-19-34)50-47(49-45)36-29-40(44-42(30-36)52-41-27-25-32-15-12-13-23-39(32)43(41)44)51(37-21-8-3-9-22-37)38-26-24-31-14-10-11-20-35(31)28-38/h1-30,45-50H. The van der Waals surface area contributed by atoms with Crippen LogP contribution >= 0.6 is 0 Å². The average Bonchev–Trinajstić information content (AvgIpc) is 3.61. The number of para-hydroxylation sites is 1. The number of anilines is 3. The van der Waals surface area contributed by atoms with Gasteiger partial charge in [0, 0.05) is 16.8 Å². The van der Waals surface area contributed by atoms with Gasteiger partial charge in [0.15, 0.2) is 0 Å². The van der Waals surface area contributed by atoms with Crippen molar-refractivity contribution in [2.75, 3.05) is 4.90 Å². The number of nitrogens with one attached hydrogen (secondary N) is 3. The molecule has 0 radical (unpaired) electrons. The third-order valence-electron chi connectivity index (χ3n) is 10.3. The Balaban J connectivity index is 1.23. The van der Waals surface area contributed by atoms with Crippen LogP contribution in [0.25, 0.3) is 43.5 Å². The lowest BCUT2D eigenvalue weighted by molar-refractivity contribution is 0.203. The normalized spacial score (nSPS) is 17.6. The lowest BCUT2D eigenvalue weighted by atomic mass is 9.98. The maximum atomic E-state index is 6.85. The summed E-state index contributed by atoms with van der Waals surface area (Å²) in [6, 6.07) is 64.6. The Kier molecular flexibility index (Phi) is 7.54. The van der Waals surface area contributed by atoms with Gasteiger partial charge in [0.25, 0.3) is 0 Å². The molecule has 8 aromatic carbocycles. The number of hydrogen-bond acceptors (Lipinski definition) is 5. The first-order valence-electron chi connectivity index (χ1n) is 17.9. The van der Waals surface area contributed by atoms with Gasteiger partial charge in [-0.2, -0.15) is 0 Å². The van der Waals surface area contributed by atoms with E-state index in [1.807, 2.05) is 0 Å². The van der Waals surface area contributed by atoms with Crippen molar-refractivity contribution in [3.8, 4) is 0 Å². The smallest absolute Gasteiger partial charge is 0.137 e. The highest BCUT2D eigenvalue weighted by Gasteiger charge is 2.31. The Bertz CT molecular complexity index is 2640. The molecule has 0 aliphatic carbocycles. The first kappa shape index (κ1) is 30.6. The van der Waals surface area contributed by atoms with Gasteiger partial charge in [-0.25, -0.2) is 0 Å². The van der Waals surface area contributed by atoms with E-state index in [2.05, 4.69) is 203 Å². The zero-order chi connectivity index (χ0) is 34.4. The third-order valence-corrected chi connectivity index (χ3v) is 10.3. The van der Waals surface area contributed by atoms with Crippen LogP contribution in [0.4, 0.5) is 17.1 Å². The quantitative estimate of drug-likeness (QED) is 0.164. The van der Waals surface area contributed by atoms with Gasteiger partial charge in [0.1, 0.15) is 11.2 Å². The summed E-state index contributed by atoms with van der Waals surface area (Å²) in [5.41, 5.74) is 8.34. The number of rotatable bonds is 6. The van der Waals surface area contributed by atoms with Gasteiger partial charge in [-0.05, 0) is 80.7 Å². The summed E-state index contributed by atoms with van der Waals surface area (Å²) in [6.45, 7) is 0. The highest BCUT2D eigenvalue weighted by molar-refractivity contribution is 6.23. The summed E-state index contributed by atoms with van der Waals surface area (Å²) in [5, 5.41) is 18.6. The van der Waals surface area contributed by atoms with Crippen LogP contribution in [-0.4, -0.2) is 0 Å². The molecule has 1 aliphatic rings. The fraction of sp³-hybridized carbons (Fsp3) is 0.0638. The number of furan rings is 1. The SMILES string of the molecule is c1ccc(C2NC(c3ccccc3)NC(c3cc(N(c4ccccc4)c4ccc5ccccc5c4)c4c(c3)oc3ccc5ccccc5c34)N2)cc1. The van der Waals surface area contributed by atoms with Gasteiger partial charge in [-0.15, -0.1) is 0 Å². The monoisotopic (exact) mass is 672 g/mol. The Hall–Kier alpha value is -6.24. The van der Waals surface area contributed by atoms with E-state index in [0.717, 1.165) is 44.6 Å². The molecule has 5 nitrogen and oxygen atoms in total. The van der Waals surface area contributed by atoms with Crippen molar-refractivity contribution in [2.45, 2.75) is 18.5 Å². The molecule has 10 rings (SSSR count). The Morgan fingerprint density at radius 3 is 1.63 bits per heavy atom. The van der Waals surface area contributed by atoms with E-state index in [1.165, 1.54) is 32.7 Å². The molecule has 250 valence electrons. The average molecular weight is 673 g/mol. The molecule has 52 heavy (non-hydrogen) atoms. The molecular formula is C47H36N4O. The van der Waals surface area contributed by atoms with E-state index in [1.54, 1.807) is 0 Å². The zero-order valence-corrected chi connectivity index (χ0v) is 28.4. The molecule has 2 atom stereocenters. The maximum absolute atomic E-state index is 6.85. The minimum Gasteiger partial charge on any atom is -0.456 e. The molecule has 1 aromatic heterocycles. The summed E-state index contributed by atoms with van der Waals surface area (Å²) < 4.78 is 6.85. The van der Waals surface area contributed by atoms with Gasteiger partial charge in [-0.3, -0.25) is 16.0 Å². The van der Waals surface area contributed by atoms with Crippen LogP contribution in [0.15, 0.2) is 186 Å². The maximum Gasteiger partial charge on any atom is 0.137 e. The summed E-state index contributed by atoms with van der Waals surface area (Å²) in [6.07, 6.45) is -0.400. The zero-order valence-electron chi connectivity index (χ0n) is 28.4. The van der Waals surface area contributed by atoms with Crippen LogP contribution < -0.4 is 20.9 Å². The van der Waals surface area contributed by atoms with Gasteiger partial charge in [0.2, 0.25) is 0 Å². The Labute approximate surface area is 302 Å². The van der Waals surface area contributed by atoms with Crippen molar-refractivity contribution in [3.05, 3.63) is 199 Å². The highest BCUT2D eigenvalue weighted by Crippen LogP contribution is 2.46. The van der Waals surface area contributed by atoms with E-state index >= 15 is 0 Å². The first-order valence-corrected chi connectivity index (χ1v) is 17.9. The number of fused-ring (bicyclic) bond motifs is 6. The van der Waals surface area contributed by atoms with Gasteiger partial charge >= 0.3 is 0 Å². The van der Waals surface area contributed by atoms with E-state index in [4.69, 9.17) is 4.42 Å². The van der Waals surface area contributed by atoms with Gasteiger partial charge < -0.3 is 9.32 Å². The second-order valence-electron chi connectivity index (χ2n) is 13.5. The summed E-state index contributed by atoms with van der Waals surface area (Å²) in [4.78, 5) is 2.39. The van der Waals surface area contributed by atoms with Crippen LogP contribution in [0.2, 0.25) is 0 Å². The van der Waals surface area contributed by atoms with E-state index in [-0.39, 0.29) is 18.5 Å². The summed E-state index contributed by atoms with van der Waals surface area (Å²) in [7, 11) is 0. The van der Waals surface area contributed by atoms with E-state index in [9.17, 15) is 0 Å². The van der Waals surface area contributed by atoms with E-state index < -0.39 is 0 Å². The molecule has 2 heterocycles. The molecule has 5 heteroatoms. The fourth-order valence-electron chi connectivity index (χ4n) is 7.84. The molecule has 0 bridgehead atoms. The third kappa shape index (κ3) is 5.40. The van der Waals surface area contributed by atoms with Crippen molar-refractivity contribution in [2.24, 2.45) is 0 Å². The molecule has 1 aliphatic heterocycles. The Morgan fingerprint density at radius 2 is 0.942 bits per heavy atom. The van der Waals surface area contributed by atoms with Crippen LogP contribution in [0.3, 0.4) is 0 Å². The molecule has 0 saturated carbocycles.